The fraction of sp³-hybridized carbons (Fsp3) is 0.0189. The average molecular weight is 711 g/mol. The zero-order valence-electron chi connectivity index (χ0n) is 30.3. The summed E-state index contributed by atoms with van der Waals surface area (Å²) in [5.41, 5.74) is 18.5. The lowest BCUT2D eigenvalue weighted by Crippen LogP contribution is -2.57. The van der Waals surface area contributed by atoms with Crippen LogP contribution in [0.25, 0.3) is 55.3 Å². The number of ether oxygens (including phenoxy) is 2. The summed E-state index contributed by atoms with van der Waals surface area (Å²) in [7, 11) is 0. The molecule has 258 valence electrons. The second-order valence-corrected chi connectivity index (χ2v) is 15.5. The van der Waals surface area contributed by atoms with Crippen LogP contribution in [0.4, 0.5) is 0 Å². The summed E-state index contributed by atoms with van der Waals surface area (Å²) in [6.45, 7) is 0.0506. The maximum Gasteiger partial charge on any atom is 0.260 e. The van der Waals surface area contributed by atoms with E-state index in [-0.39, 0.29) is 12.1 Å². The number of hydrogen-bond donors (Lipinski definition) is 0. The van der Waals surface area contributed by atoms with Crippen LogP contribution in [0.5, 0.6) is 23.0 Å². The Morgan fingerprint density at radius 1 is 0.321 bits per heavy atom. The van der Waals surface area contributed by atoms with Gasteiger partial charge in [0.25, 0.3) is 6.71 Å². The van der Waals surface area contributed by atoms with Crippen molar-refractivity contribution in [3.63, 3.8) is 0 Å². The van der Waals surface area contributed by atoms with Gasteiger partial charge in [-0.25, -0.2) is 0 Å². The quantitative estimate of drug-likeness (QED) is 0.166. The van der Waals surface area contributed by atoms with Gasteiger partial charge in [0, 0.05) is 5.46 Å². The van der Waals surface area contributed by atoms with Crippen LogP contribution < -0.4 is 25.9 Å². The molecule has 0 atom stereocenters. The minimum atomic E-state index is -0.366. The maximum atomic E-state index is 6.69. The molecule has 0 bridgehead atoms. The molecule has 3 heteroatoms. The van der Waals surface area contributed by atoms with Crippen LogP contribution >= 0.6 is 0 Å². The molecule has 2 aliphatic heterocycles. The van der Waals surface area contributed by atoms with Crippen LogP contribution in [0, 0.1) is 0 Å². The smallest absolute Gasteiger partial charge is 0.260 e. The summed E-state index contributed by atoms with van der Waals surface area (Å²) in [5.74, 6) is 3.51. The molecular formula is C53H31BO2. The predicted molar refractivity (Wildman–Crippen MR) is 229 cm³/mol. The number of para-hydroxylation sites is 1. The molecule has 9 aromatic carbocycles. The van der Waals surface area contributed by atoms with Crippen molar-refractivity contribution in [3.8, 4) is 67.5 Å². The van der Waals surface area contributed by atoms with Crippen molar-refractivity contribution in [2.75, 3.05) is 0 Å². The molecule has 4 aliphatic rings. The molecule has 1 spiro atoms. The van der Waals surface area contributed by atoms with Gasteiger partial charge in [0.1, 0.15) is 23.0 Å². The molecule has 0 radical (unpaired) electrons. The van der Waals surface area contributed by atoms with Crippen LogP contribution in [0.3, 0.4) is 0 Å². The number of fused-ring (bicyclic) bond motifs is 15. The van der Waals surface area contributed by atoms with Gasteiger partial charge in [0.2, 0.25) is 0 Å². The molecule has 2 heterocycles. The van der Waals surface area contributed by atoms with Gasteiger partial charge in [-0.3, -0.25) is 0 Å². The van der Waals surface area contributed by atoms with Gasteiger partial charge < -0.3 is 9.47 Å². The fourth-order valence-corrected chi connectivity index (χ4v) is 10.5. The summed E-state index contributed by atoms with van der Waals surface area (Å²) in [6, 6.07) is 69.0. The molecule has 0 amide bonds. The summed E-state index contributed by atoms with van der Waals surface area (Å²) in [6.07, 6.45) is 0. The molecule has 0 aromatic heterocycles. The average Bonchev–Trinajstić information content (AvgIpc) is 3.72. The second kappa shape index (κ2) is 11.0. The molecule has 0 fully saturated rings. The zero-order chi connectivity index (χ0) is 36.5. The topological polar surface area (TPSA) is 18.5 Å². The lowest BCUT2D eigenvalue weighted by molar-refractivity contribution is 0.464. The Kier molecular flexibility index (Phi) is 5.94. The van der Waals surface area contributed by atoms with E-state index in [1.54, 1.807) is 0 Å². The third-order valence-electron chi connectivity index (χ3n) is 12.8. The molecule has 0 saturated carbocycles. The minimum absolute atomic E-state index is 0.0506. The lowest BCUT2D eigenvalue weighted by Gasteiger charge is -2.33. The monoisotopic (exact) mass is 710 g/mol. The Labute approximate surface area is 325 Å². The molecule has 0 unspecified atom stereocenters. The van der Waals surface area contributed by atoms with E-state index in [9.17, 15) is 0 Å². The highest BCUT2D eigenvalue weighted by molar-refractivity contribution is 6.98. The number of rotatable bonds is 2. The Balaban J connectivity index is 0.967. The molecule has 56 heavy (non-hydrogen) atoms. The van der Waals surface area contributed by atoms with Gasteiger partial charge in [0.15, 0.2) is 0 Å². The predicted octanol–water partition coefficient (Wildman–Crippen LogP) is 11.2. The van der Waals surface area contributed by atoms with Crippen molar-refractivity contribution in [2.24, 2.45) is 0 Å². The van der Waals surface area contributed by atoms with Crippen molar-refractivity contribution < 1.29 is 9.47 Å². The van der Waals surface area contributed by atoms with Crippen LogP contribution in [-0.4, -0.2) is 6.71 Å². The van der Waals surface area contributed by atoms with Gasteiger partial charge in [-0.05, 0) is 131 Å². The first-order chi connectivity index (χ1) is 27.8. The van der Waals surface area contributed by atoms with E-state index in [1.807, 2.05) is 18.2 Å². The highest BCUT2D eigenvalue weighted by Crippen LogP contribution is 2.63. The van der Waals surface area contributed by atoms with Gasteiger partial charge in [-0.2, -0.15) is 0 Å². The molecule has 0 N–H and O–H groups in total. The lowest BCUT2D eigenvalue weighted by atomic mass is 9.35. The Morgan fingerprint density at radius 2 is 0.839 bits per heavy atom. The van der Waals surface area contributed by atoms with Crippen LogP contribution in [0.1, 0.15) is 22.3 Å². The zero-order valence-corrected chi connectivity index (χ0v) is 30.3. The van der Waals surface area contributed by atoms with Crippen molar-refractivity contribution in [3.05, 3.63) is 210 Å². The first-order valence-electron chi connectivity index (χ1n) is 19.4. The van der Waals surface area contributed by atoms with Crippen molar-refractivity contribution in [1.82, 2.24) is 0 Å². The Morgan fingerprint density at radius 3 is 1.54 bits per heavy atom. The van der Waals surface area contributed by atoms with E-state index in [0.29, 0.717) is 0 Å². The summed E-state index contributed by atoms with van der Waals surface area (Å²) < 4.78 is 13.0. The number of hydrogen-bond acceptors (Lipinski definition) is 2. The normalized spacial score (nSPS) is 14.1. The van der Waals surface area contributed by atoms with E-state index in [0.717, 1.165) is 39.5 Å². The third kappa shape index (κ3) is 3.87. The molecule has 9 aromatic rings. The van der Waals surface area contributed by atoms with E-state index in [1.165, 1.54) is 77.4 Å². The van der Waals surface area contributed by atoms with E-state index < -0.39 is 0 Å². The molecule has 13 rings (SSSR count). The van der Waals surface area contributed by atoms with E-state index >= 15 is 0 Å². The largest absolute Gasteiger partial charge is 0.458 e. The van der Waals surface area contributed by atoms with Crippen LogP contribution in [0.2, 0.25) is 0 Å². The molecule has 2 aliphatic carbocycles. The Hall–Kier alpha value is -7.10. The second-order valence-electron chi connectivity index (χ2n) is 15.5. The Bertz CT molecular complexity index is 3130. The highest BCUT2D eigenvalue weighted by Gasteiger charge is 2.51. The van der Waals surface area contributed by atoms with Crippen molar-refractivity contribution in [2.45, 2.75) is 5.41 Å². The fourth-order valence-electron chi connectivity index (χ4n) is 10.5. The third-order valence-corrected chi connectivity index (χ3v) is 12.8. The summed E-state index contributed by atoms with van der Waals surface area (Å²) in [4.78, 5) is 0. The van der Waals surface area contributed by atoms with E-state index in [2.05, 4.69) is 170 Å². The number of benzene rings is 9. The van der Waals surface area contributed by atoms with Crippen LogP contribution in [-0.2, 0) is 5.41 Å². The maximum absolute atomic E-state index is 6.69. The van der Waals surface area contributed by atoms with Gasteiger partial charge in [-0.15, -0.1) is 0 Å². The molecular weight excluding hydrogens is 679 g/mol. The van der Waals surface area contributed by atoms with E-state index in [4.69, 9.17) is 9.47 Å². The van der Waals surface area contributed by atoms with Gasteiger partial charge in [-0.1, -0.05) is 146 Å². The van der Waals surface area contributed by atoms with Gasteiger partial charge >= 0.3 is 0 Å². The van der Waals surface area contributed by atoms with Crippen molar-refractivity contribution >= 4 is 33.9 Å². The SMILES string of the molecule is c1ccc2c(c1)Oc1cccc3c1B2c1ccc(-c2ccccc2-c2ccc4cc5c(cc4c2)C2(c4ccccc4-c4ccccc42)c2ccccc2-5)cc1O3. The summed E-state index contributed by atoms with van der Waals surface area (Å²) >= 11 is 0. The first kappa shape index (κ1) is 30.3. The summed E-state index contributed by atoms with van der Waals surface area (Å²) in [5, 5.41) is 2.48. The first-order valence-corrected chi connectivity index (χ1v) is 19.4. The standard InChI is InChI=1S/C53H31BO2/c1-2-13-37(34-26-27-47-51(31-34)56-50-23-11-22-49-52(50)54(47)46-20-9-10-21-48(46)55-49)36(12-1)33-25-24-32-29-41-40-16-5-8-19-44(40)53(45(41)30-35(32)28-33)42-17-6-3-14-38(42)39-15-4-7-18-43(39)53/h1-31H. The molecule has 2 nitrogen and oxygen atoms in total. The minimum Gasteiger partial charge on any atom is -0.458 e. The van der Waals surface area contributed by atoms with Crippen molar-refractivity contribution in [1.29, 1.82) is 0 Å². The molecule has 0 saturated heterocycles. The highest BCUT2D eigenvalue weighted by atomic mass is 16.5. The van der Waals surface area contributed by atoms with Crippen LogP contribution in [0.15, 0.2) is 188 Å². The van der Waals surface area contributed by atoms with Gasteiger partial charge in [0.05, 0.1) is 5.41 Å².